The van der Waals surface area contributed by atoms with Crippen LogP contribution in [0.5, 0.6) is 5.75 Å². The van der Waals surface area contributed by atoms with Gasteiger partial charge in [-0.1, -0.05) is 59.7 Å². The Morgan fingerprint density at radius 3 is 2.33 bits per heavy atom. The number of aryl methyl sites for hydroxylation is 1. The third-order valence-corrected chi connectivity index (χ3v) is 5.47. The van der Waals surface area contributed by atoms with E-state index in [9.17, 15) is 9.90 Å². The van der Waals surface area contributed by atoms with Crippen LogP contribution < -0.4 is 10.7 Å². The van der Waals surface area contributed by atoms with Crippen LogP contribution in [0.3, 0.4) is 0 Å². The van der Waals surface area contributed by atoms with Gasteiger partial charge in [0.2, 0.25) is 0 Å². The molecule has 1 heterocycles. The Hall–Kier alpha value is -2.82. The van der Waals surface area contributed by atoms with E-state index in [1.165, 1.54) is 5.56 Å². The second-order valence-electron chi connectivity index (χ2n) is 10.0. The molecule has 0 bridgehead atoms. The third-order valence-electron chi connectivity index (χ3n) is 5.47. The SMILES string of the molecule is CC(C)(C)c1cc(C(=O)NN=Cc2cccc3c2NCCC3)cc(C(C)(C)C)c1O. The number of nitrogens with one attached hydrogen (secondary N) is 2. The summed E-state index contributed by atoms with van der Waals surface area (Å²) >= 11 is 0. The summed E-state index contributed by atoms with van der Waals surface area (Å²) < 4.78 is 0. The van der Waals surface area contributed by atoms with Crippen molar-refractivity contribution in [3.05, 3.63) is 58.1 Å². The van der Waals surface area contributed by atoms with Crippen molar-refractivity contribution in [2.24, 2.45) is 5.10 Å². The largest absolute Gasteiger partial charge is 0.507 e. The number of amides is 1. The fourth-order valence-corrected chi connectivity index (χ4v) is 3.78. The van der Waals surface area contributed by atoms with Gasteiger partial charge in [0.25, 0.3) is 5.91 Å². The van der Waals surface area contributed by atoms with E-state index < -0.39 is 0 Å². The standard InChI is InChI=1S/C25H33N3O2/c1-24(2,3)19-13-18(14-20(22(19)29)25(4,5)6)23(30)28-27-15-17-10-7-9-16-11-8-12-26-21(16)17/h7,9-10,13-15,26,29H,8,11-12H2,1-6H3,(H,28,30). The van der Waals surface area contributed by atoms with Crippen LogP contribution in [0, 0.1) is 0 Å². The highest BCUT2D eigenvalue weighted by Crippen LogP contribution is 2.39. The van der Waals surface area contributed by atoms with Gasteiger partial charge < -0.3 is 10.4 Å². The van der Waals surface area contributed by atoms with Crippen molar-refractivity contribution in [2.75, 3.05) is 11.9 Å². The minimum absolute atomic E-state index is 0.261. The molecule has 2 aromatic carbocycles. The zero-order valence-electron chi connectivity index (χ0n) is 18.9. The van der Waals surface area contributed by atoms with Crippen LogP contribution in [0.25, 0.3) is 0 Å². The van der Waals surface area contributed by atoms with Gasteiger partial charge in [0.1, 0.15) is 5.75 Å². The van der Waals surface area contributed by atoms with E-state index in [-0.39, 0.29) is 22.5 Å². The minimum atomic E-state index is -0.293. The van der Waals surface area contributed by atoms with Crippen LogP contribution in [0.4, 0.5) is 5.69 Å². The maximum atomic E-state index is 12.9. The molecule has 0 radical (unpaired) electrons. The number of rotatable bonds is 3. The predicted octanol–water partition coefficient (Wildman–Crippen LogP) is 5.11. The van der Waals surface area contributed by atoms with Gasteiger partial charge in [-0.3, -0.25) is 4.79 Å². The number of carbonyl (C=O) groups excluding carboxylic acids is 1. The first-order valence-corrected chi connectivity index (χ1v) is 10.6. The first-order valence-electron chi connectivity index (χ1n) is 10.6. The number of hydrogen-bond acceptors (Lipinski definition) is 4. The fourth-order valence-electron chi connectivity index (χ4n) is 3.78. The van der Waals surface area contributed by atoms with Gasteiger partial charge in [-0.25, -0.2) is 5.43 Å². The Balaban J connectivity index is 1.88. The zero-order valence-corrected chi connectivity index (χ0v) is 18.9. The number of carbonyl (C=O) groups is 1. The van der Waals surface area contributed by atoms with Crippen molar-refractivity contribution in [1.82, 2.24) is 5.43 Å². The van der Waals surface area contributed by atoms with E-state index >= 15 is 0 Å². The topological polar surface area (TPSA) is 73.7 Å². The van der Waals surface area contributed by atoms with Crippen LogP contribution >= 0.6 is 0 Å². The molecule has 0 atom stereocenters. The number of aromatic hydroxyl groups is 1. The molecule has 5 nitrogen and oxygen atoms in total. The molecular weight excluding hydrogens is 374 g/mol. The number of phenols is 1. The molecule has 0 saturated heterocycles. The second-order valence-corrected chi connectivity index (χ2v) is 10.0. The number of para-hydroxylation sites is 1. The Morgan fingerprint density at radius 2 is 1.73 bits per heavy atom. The van der Waals surface area contributed by atoms with Gasteiger partial charge in [-0.05, 0) is 41.4 Å². The van der Waals surface area contributed by atoms with Gasteiger partial charge in [-0.15, -0.1) is 0 Å². The summed E-state index contributed by atoms with van der Waals surface area (Å²) in [5.41, 5.74) is 7.40. The van der Waals surface area contributed by atoms with Crippen molar-refractivity contribution in [3.63, 3.8) is 0 Å². The predicted molar refractivity (Wildman–Crippen MR) is 124 cm³/mol. The number of anilines is 1. The molecule has 0 aromatic heterocycles. The first-order chi connectivity index (χ1) is 14.0. The molecule has 0 unspecified atom stereocenters. The van der Waals surface area contributed by atoms with E-state index in [0.29, 0.717) is 5.56 Å². The van der Waals surface area contributed by atoms with E-state index in [2.05, 4.69) is 21.9 Å². The van der Waals surface area contributed by atoms with Crippen LogP contribution in [0.15, 0.2) is 35.4 Å². The highest BCUT2D eigenvalue weighted by Gasteiger charge is 2.27. The van der Waals surface area contributed by atoms with E-state index in [1.54, 1.807) is 18.3 Å². The van der Waals surface area contributed by atoms with E-state index in [1.807, 2.05) is 53.7 Å². The lowest BCUT2D eigenvalue weighted by Crippen LogP contribution is -2.22. The van der Waals surface area contributed by atoms with Crippen molar-refractivity contribution < 1.29 is 9.90 Å². The van der Waals surface area contributed by atoms with Crippen LogP contribution in [-0.4, -0.2) is 23.8 Å². The summed E-state index contributed by atoms with van der Waals surface area (Å²) in [6, 6.07) is 9.65. The second kappa shape index (κ2) is 8.13. The maximum Gasteiger partial charge on any atom is 0.271 e. The van der Waals surface area contributed by atoms with Crippen LogP contribution in [0.1, 0.15) is 80.6 Å². The molecule has 160 valence electrons. The van der Waals surface area contributed by atoms with Gasteiger partial charge in [0, 0.05) is 34.5 Å². The lowest BCUT2D eigenvalue weighted by Gasteiger charge is -2.28. The van der Waals surface area contributed by atoms with Crippen LogP contribution in [0.2, 0.25) is 0 Å². The molecule has 5 heteroatoms. The van der Waals surface area contributed by atoms with Gasteiger partial charge in [-0.2, -0.15) is 5.10 Å². The summed E-state index contributed by atoms with van der Waals surface area (Å²) in [5.74, 6) is -0.0305. The third kappa shape index (κ3) is 4.66. The molecule has 3 rings (SSSR count). The number of hydrazone groups is 1. The number of nitrogens with zero attached hydrogens (tertiary/aromatic N) is 1. The van der Waals surface area contributed by atoms with Crippen molar-refractivity contribution >= 4 is 17.8 Å². The van der Waals surface area contributed by atoms with E-state index in [4.69, 9.17) is 0 Å². The highest BCUT2D eigenvalue weighted by atomic mass is 16.3. The van der Waals surface area contributed by atoms with Crippen LogP contribution in [-0.2, 0) is 17.3 Å². The first kappa shape index (κ1) is 21.9. The summed E-state index contributed by atoms with van der Waals surface area (Å²) in [6.45, 7) is 13.1. The van der Waals surface area contributed by atoms with Crippen molar-refractivity contribution in [3.8, 4) is 5.75 Å². The summed E-state index contributed by atoms with van der Waals surface area (Å²) in [5, 5.41) is 18.5. The average Bonchev–Trinajstić information content (AvgIpc) is 2.66. The van der Waals surface area contributed by atoms with Gasteiger partial charge >= 0.3 is 0 Å². The number of benzene rings is 2. The number of hydrogen-bond donors (Lipinski definition) is 3. The molecule has 0 aliphatic carbocycles. The Bertz CT molecular complexity index is 944. The molecule has 3 N–H and O–H groups in total. The Kier molecular flexibility index (Phi) is 5.93. The molecule has 0 spiro atoms. The lowest BCUT2D eigenvalue weighted by molar-refractivity contribution is 0.0955. The summed E-state index contributed by atoms with van der Waals surface area (Å²) in [7, 11) is 0. The fraction of sp³-hybridized carbons (Fsp3) is 0.440. The molecule has 1 aliphatic rings. The Labute approximate surface area is 179 Å². The van der Waals surface area contributed by atoms with E-state index in [0.717, 1.165) is 41.8 Å². The Morgan fingerprint density at radius 1 is 1.10 bits per heavy atom. The maximum absolute atomic E-state index is 12.9. The average molecular weight is 408 g/mol. The quantitative estimate of drug-likeness (QED) is 0.489. The molecule has 30 heavy (non-hydrogen) atoms. The number of phenolic OH excluding ortho intramolecular Hbond substituents is 1. The van der Waals surface area contributed by atoms with Gasteiger partial charge in [0.05, 0.1) is 6.21 Å². The zero-order chi connectivity index (χ0) is 22.1. The molecule has 2 aromatic rings. The summed E-state index contributed by atoms with van der Waals surface area (Å²) in [4.78, 5) is 12.9. The molecule has 0 fully saturated rings. The highest BCUT2D eigenvalue weighted by molar-refractivity contribution is 5.96. The molecular formula is C25H33N3O2. The smallest absolute Gasteiger partial charge is 0.271 e. The normalized spacial score (nSPS) is 14.3. The lowest BCUT2D eigenvalue weighted by atomic mass is 9.78. The molecule has 0 saturated carbocycles. The molecule has 1 amide bonds. The summed E-state index contributed by atoms with van der Waals surface area (Å²) in [6.07, 6.45) is 3.86. The van der Waals surface area contributed by atoms with Crippen molar-refractivity contribution in [2.45, 2.75) is 65.2 Å². The number of fused-ring (bicyclic) bond motifs is 1. The van der Waals surface area contributed by atoms with Gasteiger partial charge in [0.15, 0.2) is 0 Å². The molecule has 1 aliphatic heterocycles. The van der Waals surface area contributed by atoms with Crippen molar-refractivity contribution in [1.29, 1.82) is 0 Å². The minimum Gasteiger partial charge on any atom is -0.507 e. The monoisotopic (exact) mass is 407 g/mol.